The normalized spacial score (nSPS) is 24.6. The molecule has 0 aliphatic carbocycles. The van der Waals surface area contributed by atoms with Gasteiger partial charge in [-0.25, -0.2) is 28.0 Å². The lowest BCUT2D eigenvalue weighted by atomic mass is 9.88. The first-order chi connectivity index (χ1) is 44.2. The SMILES string of the molecule is CCCCCCCCCCCCCC[C@@H](COP(=O)(Oc1cccc(C[C@]2(C#N)O[C@@H](c3ccc4c(N)ncnn34)C3OC(C)(C)OC32)c1Cl)Oc1cccc(C[C@]2(C#N)O[C@@H](c3ccc4c(N)ncnn34)C3OC(C)(C)OC32)c1Cl)OCc1cc(F)cc(C#N)c1. The molecular weight excluding hydrogens is 1240 g/mol. The van der Waals surface area contributed by atoms with Crippen molar-refractivity contribution in [3.05, 3.63) is 141 Å². The molecule has 0 spiro atoms. The summed E-state index contributed by atoms with van der Waals surface area (Å²) in [6, 6.07) is 27.3. The number of hydrogen-bond acceptors (Lipinski definition) is 20. The van der Waals surface area contributed by atoms with Gasteiger partial charge in [-0.1, -0.05) is 131 Å². The summed E-state index contributed by atoms with van der Waals surface area (Å²) in [4.78, 5) is 8.24. The first-order valence-corrected chi connectivity index (χ1v) is 33.5. The lowest BCUT2D eigenvalue weighted by Gasteiger charge is -2.30. The molecule has 8 heterocycles. The molecule has 3 aromatic carbocycles. The summed E-state index contributed by atoms with van der Waals surface area (Å²) in [7, 11) is -5.01. The number of aromatic nitrogens is 6. The van der Waals surface area contributed by atoms with E-state index in [1.165, 1.54) is 81.9 Å². The zero-order valence-corrected chi connectivity index (χ0v) is 54.4. The molecular formula is C66H75Cl2FN11O11P. The number of nitriles is 3. The predicted octanol–water partition coefficient (Wildman–Crippen LogP) is 13.7. The fraction of sp³-hybridized carbons (Fsp3) is 0.500. The zero-order chi connectivity index (χ0) is 65.0. The Kier molecular flexibility index (Phi) is 20.2. The van der Waals surface area contributed by atoms with Crippen LogP contribution in [0.2, 0.25) is 10.0 Å². The number of nitrogens with two attached hydrogens (primary N) is 2. The maximum absolute atomic E-state index is 15.9. The summed E-state index contributed by atoms with van der Waals surface area (Å²) in [5.74, 6) is -2.73. The average Bonchev–Trinajstić information content (AvgIpc) is 1.57. The highest BCUT2D eigenvalue weighted by atomic mass is 35.5. The number of phosphoric ester groups is 1. The van der Waals surface area contributed by atoms with Crippen LogP contribution in [0.1, 0.15) is 164 Å². The number of fused-ring (bicyclic) bond motifs is 4. The van der Waals surface area contributed by atoms with E-state index in [2.05, 4.69) is 39.2 Å². The van der Waals surface area contributed by atoms with Gasteiger partial charge < -0.3 is 53.7 Å². The summed E-state index contributed by atoms with van der Waals surface area (Å²) >= 11 is 14.7. The van der Waals surface area contributed by atoms with E-state index in [1.807, 2.05) is 6.07 Å². The Morgan fingerprint density at radius 3 is 1.60 bits per heavy atom. The van der Waals surface area contributed by atoms with Crippen molar-refractivity contribution in [2.45, 2.75) is 203 Å². The molecule has 4 unspecified atom stereocenters. The summed E-state index contributed by atoms with van der Waals surface area (Å²) < 4.78 is 99.0. The van der Waals surface area contributed by atoms with Crippen LogP contribution in [0.3, 0.4) is 0 Å². The number of hydrogen-bond donors (Lipinski definition) is 2. The van der Waals surface area contributed by atoms with Crippen molar-refractivity contribution in [3.8, 4) is 29.7 Å². The molecule has 11 rings (SSSR count). The van der Waals surface area contributed by atoms with E-state index in [9.17, 15) is 20.2 Å². The Morgan fingerprint density at radius 1 is 0.652 bits per heavy atom. The maximum atomic E-state index is 15.9. The largest absolute Gasteiger partial charge is 0.587 e. The van der Waals surface area contributed by atoms with E-state index >= 15 is 4.57 Å². The van der Waals surface area contributed by atoms with Gasteiger partial charge in [0.15, 0.2) is 45.9 Å². The van der Waals surface area contributed by atoms with Crippen LogP contribution in [-0.2, 0) is 61.7 Å². The van der Waals surface area contributed by atoms with E-state index in [0.29, 0.717) is 52.0 Å². The van der Waals surface area contributed by atoms with E-state index < -0.39 is 79.1 Å². The van der Waals surface area contributed by atoms with E-state index in [-0.39, 0.29) is 64.8 Å². The van der Waals surface area contributed by atoms with Crippen LogP contribution in [0.15, 0.2) is 91.5 Å². The molecule has 92 heavy (non-hydrogen) atoms. The zero-order valence-electron chi connectivity index (χ0n) is 52.0. The molecule has 0 bridgehead atoms. The molecule has 26 heteroatoms. The van der Waals surface area contributed by atoms with Crippen molar-refractivity contribution in [2.75, 3.05) is 18.1 Å². The predicted molar refractivity (Wildman–Crippen MR) is 337 cm³/mol. The lowest BCUT2D eigenvalue weighted by molar-refractivity contribution is -0.200. The lowest BCUT2D eigenvalue weighted by Crippen LogP contribution is -2.44. The summed E-state index contributed by atoms with van der Waals surface area (Å²) in [5, 5.41) is 40.9. The second kappa shape index (κ2) is 27.9. The van der Waals surface area contributed by atoms with Gasteiger partial charge in [0.25, 0.3) is 0 Å². The van der Waals surface area contributed by atoms with Crippen LogP contribution >= 0.6 is 31.0 Å². The number of benzene rings is 3. The number of anilines is 2. The van der Waals surface area contributed by atoms with Crippen molar-refractivity contribution < 1.29 is 55.7 Å². The molecule has 4 aliphatic heterocycles. The summed E-state index contributed by atoms with van der Waals surface area (Å²) in [6.45, 7) is 8.70. The number of nitrogens with zero attached hydrogens (tertiary/aromatic N) is 9. The van der Waals surface area contributed by atoms with Crippen LogP contribution in [0, 0.1) is 39.8 Å². The minimum atomic E-state index is -5.01. The highest BCUT2D eigenvalue weighted by Gasteiger charge is 2.66. The standard InChI is InChI=1S/C66H75Cl2FN11O11P/c1-6-7-8-9-10-11-12-13-14-15-16-17-22-46(82-35-42-29-41(34-70)30-45(69)31-42)36-83-92(81,90-51-23-18-20-43(53(51)67)32-65(37-71)59-57(84-63(2,3)88-59)55(86-65)47-25-27-49-61(73)75-39-77-79(47)49)91-52-24-19-21-44(54(52)68)33-66(38-72)60-58(85-64(4,5)89-60)56(87-66)48-26-28-50-62(74)76-40-78-80(48)50/h18-21,23-31,39-40,46,55-60H,6-17,22,32-33,35-36H2,1-5H3,(H2,73,75,77)(H2,74,76,78)/t46-,55-,56-,57?,58?,59?,60?,65+,66+,92?/m0/s1. The van der Waals surface area contributed by atoms with Crippen LogP contribution < -0.4 is 20.5 Å². The Morgan fingerprint density at radius 2 is 1.13 bits per heavy atom. The Bertz CT molecular complexity index is 3790. The van der Waals surface area contributed by atoms with Crippen molar-refractivity contribution in [3.63, 3.8) is 0 Å². The second-order valence-electron chi connectivity index (χ2n) is 24.8. The monoisotopic (exact) mass is 1320 g/mol. The van der Waals surface area contributed by atoms with Gasteiger partial charge in [0.05, 0.1) is 52.4 Å². The molecule has 4 saturated heterocycles. The van der Waals surface area contributed by atoms with Gasteiger partial charge in [0.2, 0.25) is 0 Å². The average molecular weight is 1320 g/mol. The van der Waals surface area contributed by atoms with Gasteiger partial charge in [0, 0.05) is 12.8 Å². The Hall–Kier alpha value is -7.01. The van der Waals surface area contributed by atoms with E-state index in [1.54, 1.807) is 85.3 Å². The molecule has 22 nitrogen and oxygen atoms in total. The molecule has 0 radical (unpaired) electrons. The Balaban J connectivity index is 0.890. The molecule has 0 saturated carbocycles. The fourth-order valence-corrected chi connectivity index (χ4v) is 14.7. The molecule has 4 fully saturated rings. The van der Waals surface area contributed by atoms with Crippen LogP contribution in [0.5, 0.6) is 11.5 Å². The fourth-order valence-electron chi connectivity index (χ4n) is 12.9. The molecule has 0 amide bonds. The van der Waals surface area contributed by atoms with Crippen molar-refractivity contribution >= 4 is 53.7 Å². The van der Waals surface area contributed by atoms with Gasteiger partial charge in [-0.05, 0) is 105 Å². The number of rotatable bonds is 29. The molecule has 486 valence electrons. The van der Waals surface area contributed by atoms with Crippen molar-refractivity contribution in [1.29, 1.82) is 15.8 Å². The number of unbranched alkanes of at least 4 members (excludes halogenated alkanes) is 11. The highest BCUT2D eigenvalue weighted by molar-refractivity contribution is 7.49. The van der Waals surface area contributed by atoms with Crippen LogP contribution in [0.25, 0.3) is 11.0 Å². The number of ether oxygens (including phenoxy) is 7. The number of nitrogen functional groups attached to an aromatic ring is 2. The number of halogens is 3. The summed E-state index contributed by atoms with van der Waals surface area (Å²) in [6.07, 6.45) is 10.1. The minimum Gasteiger partial charge on any atom is -0.393 e. The third-order valence-electron chi connectivity index (χ3n) is 17.2. The van der Waals surface area contributed by atoms with Gasteiger partial charge in [-0.2, -0.15) is 26.0 Å². The third kappa shape index (κ3) is 14.2. The van der Waals surface area contributed by atoms with Gasteiger partial charge in [-0.3, -0.25) is 4.52 Å². The number of phosphoric acid groups is 1. The summed E-state index contributed by atoms with van der Waals surface area (Å²) in [5.41, 5.74) is 12.3. The molecule has 4 aliphatic rings. The van der Waals surface area contributed by atoms with Gasteiger partial charge in [0.1, 0.15) is 78.3 Å². The molecule has 7 aromatic rings. The quantitative estimate of drug-likeness (QED) is 0.0325. The molecule has 4 aromatic heterocycles. The smallest absolute Gasteiger partial charge is 0.393 e. The topological polar surface area (TPSA) is 293 Å². The van der Waals surface area contributed by atoms with Crippen LogP contribution in [-0.4, -0.2) is 89.1 Å². The second-order valence-corrected chi connectivity index (χ2v) is 27.1. The van der Waals surface area contributed by atoms with Crippen molar-refractivity contribution in [2.24, 2.45) is 0 Å². The third-order valence-corrected chi connectivity index (χ3v) is 19.4. The highest BCUT2D eigenvalue weighted by Crippen LogP contribution is 2.57. The molecule has 9 atom stereocenters. The maximum Gasteiger partial charge on any atom is 0.587 e. The minimum absolute atomic E-state index is 0.0707. The van der Waals surface area contributed by atoms with Crippen LogP contribution in [0.4, 0.5) is 16.0 Å². The first-order valence-electron chi connectivity index (χ1n) is 31.3. The van der Waals surface area contributed by atoms with E-state index in [4.69, 9.17) is 81.4 Å². The van der Waals surface area contributed by atoms with E-state index in [0.717, 1.165) is 31.7 Å². The van der Waals surface area contributed by atoms with Gasteiger partial charge >= 0.3 is 7.82 Å². The first kappa shape index (κ1) is 66.4. The molecule has 4 N–H and O–H groups in total. The van der Waals surface area contributed by atoms with Crippen molar-refractivity contribution in [1.82, 2.24) is 29.2 Å². The Labute approximate surface area is 543 Å². The van der Waals surface area contributed by atoms with Gasteiger partial charge in [-0.15, -0.1) is 0 Å².